The van der Waals surface area contributed by atoms with Gasteiger partial charge < -0.3 is 0 Å². The molecule has 3 rings (SSSR count). The molecule has 0 unspecified atom stereocenters. The van der Waals surface area contributed by atoms with Crippen LogP contribution in [-0.4, -0.2) is 8.42 Å². The van der Waals surface area contributed by atoms with Crippen LogP contribution in [0.25, 0.3) is 0 Å². The molecular weight excluding hydrogens is 342 g/mol. The fraction of sp³-hybridized carbons (Fsp3) is 0.368. The molecule has 0 heterocycles. The number of benzene rings is 2. The second kappa shape index (κ2) is 5.87. The molecule has 1 saturated carbocycles. The lowest BCUT2D eigenvalue weighted by Gasteiger charge is -2.21. The lowest BCUT2D eigenvalue weighted by Crippen LogP contribution is -2.34. The predicted octanol–water partition coefficient (Wildman–Crippen LogP) is 4.61. The molecule has 1 aliphatic rings. The SMILES string of the molecule is CC(C)(C)c1ccc(S(=O)(=O)NC2(c3ccc(Cl)cc3)CC2)cc1. The Morgan fingerprint density at radius 1 is 0.958 bits per heavy atom. The fourth-order valence-electron chi connectivity index (χ4n) is 2.79. The van der Waals surface area contributed by atoms with Gasteiger partial charge in [0, 0.05) is 5.02 Å². The van der Waals surface area contributed by atoms with Gasteiger partial charge in [-0.15, -0.1) is 0 Å². The van der Waals surface area contributed by atoms with E-state index in [2.05, 4.69) is 25.5 Å². The maximum Gasteiger partial charge on any atom is 0.241 e. The molecule has 0 bridgehead atoms. The molecule has 0 radical (unpaired) electrons. The summed E-state index contributed by atoms with van der Waals surface area (Å²) < 4.78 is 28.4. The number of halogens is 1. The highest BCUT2D eigenvalue weighted by Crippen LogP contribution is 2.46. The average molecular weight is 364 g/mol. The minimum atomic E-state index is -3.56. The summed E-state index contributed by atoms with van der Waals surface area (Å²) in [6.07, 6.45) is 1.60. The highest BCUT2D eigenvalue weighted by Gasteiger charge is 2.47. The van der Waals surface area contributed by atoms with Gasteiger partial charge in [0.15, 0.2) is 0 Å². The number of sulfonamides is 1. The molecule has 0 saturated heterocycles. The highest BCUT2D eigenvalue weighted by atomic mass is 35.5. The number of rotatable bonds is 4. The topological polar surface area (TPSA) is 46.2 Å². The van der Waals surface area contributed by atoms with Crippen molar-refractivity contribution in [1.29, 1.82) is 0 Å². The van der Waals surface area contributed by atoms with Crippen molar-refractivity contribution in [3.05, 3.63) is 64.7 Å². The molecule has 5 heteroatoms. The van der Waals surface area contributed by atoms with Gasteiger partial charge in [0.25, 0.3) is 0 Å². The van der Waals surface area contributed by atoms with Crippen LogP contribution in [0, 0.1) is 0 Å². The Kier molecular flexibility index (Phi) is 4.27. The minimum Gasteiger partial charge on any atom is -0.207 e. The Balaban J connectivity index is 1.85. The van der Waals surface area contributed by atoms with Crippen molar-refractivity contribution in [3.63, 3.8) is 0 Å². The highest BCUT2D eigenvalue weighted by molar-refractivity contribution is 7.89. The van der Waals surface area contributed by atoms with Gasteiger partial charge in [0.2, 0.25) is 10.0 Å². The lowest BCUT2D eigenvalue weighted by molar-refractivity contribution is 0.551. The number of hydrogen-bond acceptors (Lipinski definition) is 2. The van der Waals surface area contributed by atoms with Crippen LogP contribution in [-0.2, 0) is 21.0 Å². The van der Waals surface area contributed by atoms with Crippen molar-refractivity contribution in [1.82, 2.24) is 4.72 Å². The van der Waals surface area contributed by atoms with E-state index in [4.69, 9.17) is 11.6 Å². The summed E-state index contributed by atoms with van der Waals surface area (Å²) in [5.74, 6) is 0. The van der Waals surface area contributed by atoms with E-state index in [1.807, 2.05) is 24.3 Å². The van der Waals surface area contributed by atoms with Gasteiger partial charge in [-0.05, 0) is 53.6 Å². The van der Waals surface area contributed by atoms with Crippen LogP contribution in [0.5, 0.6) is 0 Å². The summed E-state index contributed by atoms with van der Waals surface area (Å²) in [6, 6.07) is 14.5. The van der Waals surface area contributed by atoms with E-state index in [9.17, 15) is 8.42 Å². The van der Waals surface area contributed by atoms with Gasteiger partial charge in [0.05, 0.1) is 10.4 Å². The maximum atomic E-state index is 12.8. The van der Waals surface area contributed by atoms with Crippen LogP contribution in [0.2, 0.25) is 5.02 Å². The first-order valence-corrected chi connectivity index (χ1v) is 9.89. The van der Waals surface area contributed by atoms with Gasteiger partial charge in [-0.1, -0.05) is 56.6 Å². The van der Waals surface area contributed by atoms with Crippen LogP contribution in [0.3, 0.4) is 0 Å². The molecule has 1 N–H and O–H groups in total. The van der Waals surface area contributed by atoms with Gasteiger partial charge in [-0.25, -0.2) is 13.1 Å². The summed E-state index contributed by atoms with van der Waals surface area (Å²) in [7, 11) is -3.56. The van der Waals surface area contributed by atoms with Crippen molar-refractivity contribution in [3.8, 4) is 0 Å². The van der Waals surface area contributed by atoms with E-state index in [0.717, 1.165) is 24.0 Å². The van der Waals surface area contributed by atoms with E-state index in [-0.39, 0.29) is 5.41 Å². The smallest absolute Gasteiger partial charge is 0.207 e. The second-order valence-corrected chi connectivity index (χ2v) is 9.59. The summed E-state index contributed by atoms with van der Waals surface area (Å²) in [5.41, 5.74) is 1.57. The van der Waals surface area contributed by atoms with Gasteiger partial charge in [-0.2, -0.15) is 0 Å². The monoisotopic (exact) mass is 363 g/mol. The summed E-state index contributed by atoms with van der Waals surface area (Å²) in [6.45, 7) is 6.32. The van der Waals surface area contributed by atoms with Crippen LogP contribution < -0.4 is 4.72 Å². The van der Waals surface area contributed by atoms with Gasteiger partial charge in [-0.3, -0.25) is 0 Å². The van der Waals surface area contributed by atoms with Gasteiger partial charge in [0.1, 0.15) is 0 Å². The third-order valence-electron chi connectivity index (χ3n) is 4.51. The summed E-state index contributed by atoms with van der Waals surface area (Å²) in [4.78, 5) is 0.302. The molecule has 0 aromatic heterocycles. The molecule has 1 fully saturated rings. The first kappa shape index (κ1) is 17.5. The van der Waals surface area contributed by atoms with E-state index in [1.54, 1.807) is 24.3 Å². The minimum absolute atomic E-state index is 0.00323. The molecule has 0 aliphatic heterocycles. The third-order valence-corrected chi connectivity index (χ3v) is 6.31. The standard InChI is InChI=1S/C19H22ClNO2S/c1-18(2,3)14-6-10-17(11-7-14)24(22,23)21-19(12-13-19)15-4-8-16(20)9-5-15/h4-11,21H,12-13H2,1-3H3. The maximum absolute atomic E-state index is 12.8. The van der Waals surface area contributed by atoms with Crippen LogP contribution >= 0.6 is 11.6 Å². The number of hydrogen-bond donors (Lipinski definition) is 1. The van der Waals surface area contributed by atoms with E-state index in [0.29, 0.717) is 9.92 Å². The van der Waals surface area contributed by atoms with Crippen LogP contribution in [0.1, 0.15) is 44.7 Å². The van der Waals surface area contributed by atoms with Crippen molar-refractivity contribution in [2.45, 2.75) is 49.5 Å². The van der Waals surface area contributed by atoms with Crippen molar-refractivity contribution in [2.75, 3.05) is 0 Å². The Morgan fingerprint density at radius 2 is 1.50 bits per heavy atom. The molecule has 3 nitrogen and oxygen atoms in total. The Bertz CT molecular complexity index is 830. The van der Waals surface area contributed by atoms with E-state index < -0.39 is 15.6 Å². The molecular formula is C19H22ClNO2S. The molecule has 2 aromatic carbocycles. The van der Waals surface area contributed by atoms with Crippen molar-refractivity contribution < 1.29 is 8.42 Å². The molecule has 0 atom stereocenters. The van der Waals surface area contributed by atoms with E-state index >= 15 is 0 Å². The molecule has 2 aromatic rings. The largest absolute Gasteiger partial charge is 0.241 e. The van der Waals surface area contributed by atoms with Crippen LogP contribution in [0.15, 0.2) is 53.4 Å². The van der Waals surface area contributed by atoms with Crippen LogP contribution in [0.4, 0.5) is 0 Å². The Morgan fingerprint density at radius 3 is 1.96 bits per heavy atom. The quantitative estimate of drug-likeness (QED) is 0.862. The van der Waals surface area contributed by atoms with Gasteiger partial charge >= 0.3 is 0 Å². The molecule has 1 aliphatic carbocycles. The molecule has 24 heavy (non-hydrogen) atoms. The molecule has 0 amide bonds. The fourth-order valence-corrected chi connectivity index (χ4v) is 4.37. The molecule has 128 valence electrons. The summed E-state index contributed by atoms with van der Waals surface area (Å²) in [5, 5.41) is 0.648. The lowest BCUT2D eigenvalue weighted by atomic mass is 9.87. The third kappa shape index (κ3) is 3.51. The Hall–Kier alpha value is -1.36. The zero-order valence-corrected chi connectivity index (χ0v) is 15.7. The zero-order valence-electron chi connectivity index (χ0n) is 14.1. The zero-order chi connectivity index (χ0) is 17.6. The predicted molar refractivity (Wildman–Crippen MR) is 97.8 cm³/mol. The first-order valence-electron chi connectivity index (χ1n) is 8.03. The second-order valence-electron chi connectivity index (χ2n) is 7.47. The molecule has 0 spiro atoms. The number of nitrogens with one attached hydrogen (secondary N) is 1. The Labute approximate surface area is 149 Å². The van der Waals surface area contributed by atoms with Crippen molar-refractivity contribution in [2.24, 2.45) is 0 Å². The average Bonchev–Trinajstić information content (AvgIpc) is 3.27. The van der Waals surface area contributed by atoms with E-state index in [1.165, 1.54) is 0 Å². The summed E-state index contributed by atoms with van der Waals surface area (Å²) >= 11 is 5.92. The first-order chi connectivity index (χ1) is 11.1. The normalized spacial score (nSPS) is 16.8. The van der Waals surface area contributed by atoms with Crippen molar-refractivity contribution >= 4 is 21.6 Å².